The number of nitrogens with one attached hydrogen (secondary N) is 1. The van der Waals surface area contributed by atoms with Crippen molar-refractivity contribution in [2.24, 2.45) is 4.99 Å². The molecular weight excluding hydrogens is 220 g/mol. The van der Waals surface area contributed by atoms with Crippen molar-refractivity contribution in [2.45, 2.75) is 6.54 Å². The van der Waals surface area contributed by atoms with Crippen LogP contribution in [0.5, 0.6) is 5.75 Å². The summed E-state index contributed by atoms with van der Waals surface area (Å²) in [4.78, 5) is 4.10. The standard InChI is InChI=1S/C12H16N2OS.H2/c1-4-16-12(13-2)14-9-10-5-7-11(15-3)8-6-10;/h4-8H,1,9H2,2-3H3,(H,13,14);1H. The molecule has 0 aliphatic rings. The maximum atomic E-state index is 5.09. The topological polar surface area (TPSA) is 33.6 Å². The molecule has 0 saturated carbocycles. The fourth-order valence-corrected chi connectivity index (χ4v) is 1.59. The van der Waals surface area contributed by atoms with Crippen molar-refractivity contribution in [3.05, 3.63) is 41.8 Å². The smallest absolute Gasteiger partial charge is 0.160 e. The Bertz CT molecular complexity index is 365. The zero-order valence-electron chi connectivity index (χ0n) is 9.56. The summed E-state index contributed by atoms with van der Waals surface area (Å²) < 4.78 is 5.09. The Balaban J connectivity index is 0.00000256. The second-order valence-corrected chi connectivity index (χ2v) is 3.97. The number of hydrogen-bond donors (Lipinski definition) is 1. The SMILES string of the molecule is C=CSC(=NC)NCc1ccc(OC)cc1.[HH]. The van der Waals surface area contributed by atoms with Gasteiger partial charge in [0, 0.05) is 15.0 Å². The molecule has 0 heterocycles. The highest BCUT2D eigenvalue weighted by molar-refractivity contribution is 8.16. The van der Waals surface area contributed by atoms with Gasteiger partial charge in [0.2, 0.25) is 0 Å². The molecule has 1 N–H and O–H groups in total. The van der Waals surface area contributed by atoms with Gasteiger partial charge < -0.3 is 10.1 Å². The Labute approximate surface area is 102 Å². The van der Waals surface area contributed by atoms with Gasteiger partial charge in [0.05, 0.1) is 7.11 Å². The number of methoxy groups -OCH3 is 1. The third-order valence-corrected chi connectivity index (χ3v) is 2.72. The van der Waals surface area contributed by atoms with Gasteiger partial charge in [-0.25, -0.2) is 0 Å². The lowest BCUT2D eigenvalue weighted by Crippen LogP contribution is -2.19. The van der Waals surface area contributed by atoms with Crippen molar-refractivity contribution >= 4 is 16.9 Å². The molecule has 0 aromatic heterocycles. The highest BCUT2D eigenvalue weighted by Crippen LogP contribution is 2.11. The molecule has 0 aliphatic carbocycles. The van der Waals surface area contributed by atoms with Crippen LogP contribution in [0.4, 0.5) is 0 Å². The van der Waals surface area contributed by atoms with E-state index in [0.717, 1.165) is 17.5 Å². The number of amidine groups is 1. The van der Waals surface area contributed by atoms with Crippen LogP contribution in [-0.4, -0.2) is 19.3 Å². The molecule has 1 aromatic rings. The molecule has 0 saturated heterocycles. The highest BCUT2D eigenvalue weighted by Gasteiger charge is 1.97. The number of nitrogens with zero attached hydrogens (tertiary/aromatic N) is 1. The molecule has 0 amide bonds. The van der Waals surface area contributed by atoms with Crippen LogP contribution in [0.2, 0.25) is 0 Å². The number of ether oxygens (including phenoxy) is 1. The summed E-state index contributed by atoms with van der Waals surface area (Å²) in [6, 6.07) is 7.94. The lowest BCUT2D eigenvalue weighted by Gasteiger charge is -2.07. The van der Waals surface area contributed by atoms with Crippen LogP contribution in [0.1, 0.15) is 6.99 Å². The molecule has 16 heavy (non-hydrogen) atoms. The lowest BCUT2D eigenvalue weighted by atomic mass is 10.2. The second-order valence-electron chi connectivity index (χ2n) is 3.01. The van der Waals surface area contributed by atoms with E-state index in [1.54, 1.807) is 19.6 Å². The van der Waals surface area contributed by atoms with Gasteiger partial charge in [-0.15, -0.1) is 0 Å². The quantitative estimate of drug-likeness (QED) is 0.647. The predicted octanol–water partition coefficient (Wildman–Crippen LogP) is 2.89. The maximum absolute atomic E-state index is 5.09. The Morgan fingerprint density at radius 1 is 1.56 bits per heavy atom. The molecule has 0 fully saturated rings. The van der Waals surface area contributed by atoms with Gasteiger partial charge in [-0.2, -0.15) is 0 Å². The van der Waals surface area contributed by atoms with E-state index in [1.165, 1.54) is 17.3 Å². The average molecular weight is 238 g/mol. The van der Waals surface area contributed by atoms with E-state index in [0.29, 0.717) is 0 Å². The Morgan fingerprint density at radius 2 is 2.25 bits per heavy atom. The summed E-state index contributed by atoms with van der Waals surface area (Å²) in [6.07, 6.45) is 0. The first-order chi connectivity index (χ1) is 7.80. The molecule has 1 aromatic carbocycles. The van der Waals surface area contributed by atoms with Crippen LogP contribution < -0.4 is 10.1 Å². The average Bonchev–Trinajstić information content (AvgIpc) is 2.35. The zero-order chi connectivity index (χ0) is 11.8. The third kappa shape index (κ3) is 3.98. The Kier molecular flexibility index (Phi) is 5.50. The number of rotatable bonds is 4. The largest absolute Gasteiger partial charge is 0.497 e. The number of hydrogen-bond acceptors (Lipinski definition) is 3. The summed E-state index contributed by atoms with van der Waals surface area (Å²) in [6.45, 7) is 4.40. The Morgan fingerprint density at radius 3 is 2.75 bits per heavy atom. The van der Waals surface area contributed by atoms with Crippen LogP contribution in [0.15, 0.2) is 41.2 Å². The first-order valence-corrected chi connectivity index (χ1v) is 5.79. The number of thioether (sulfide) groups is 1. The van der Waals surface area contributed by atoms with Crippen LogP contribution in [-0.2, 0) is 6.54 Å². The van der Waals surface area contributed by atoms with Crippen molar-refractivity contribution < 1.29 is 6.16 Å². The first-order valence-electron chi connectivity index (χ1n) is 4.91. The minimum atomic E-state index is 0. The summed E-state index contributed by atoms with van der Waals surface area (Å²) in [5.74, 6) is 0.869. The normalized spacial score (nSPS) is 11.0. The molecule has 0 spiro atoms. The summed E-state index contributed by atoms with van der Waals surface area (Å²) >= 11 is 1.48. The fourth-order valence-electron chi connectivity index (χ4n) is 1.17. The van der Waals surface area contributed by atoms with Crippen molar-refractivity contribution in [1.82, 2.24) is 5.32 Å². The molecule has 3 nitrogen and oxygen atoms in total. The molecule has 4 heteroatoms. The monoisotopic (exact) mass is 238 g/mol. The van der Waals surface area contributed by atoms with Gasteiger partial charge in [-0.1, -0.05) is 30.5 Å². The number of benzene rings is 1. The van der Waals surface area contributed by atoms with Crippen LogP contribution in [0, 0.1) is 0 Å². The van der Waals surface area contributed by atoms with E-state index in [2.05, 4.69) is 16.9 Å². The van der Waals surface area contributed by atoms with Gasteiger partial charge >= 0.3 is 0 Å². The molecule has 88 valence electrons. The molecule has 0 atom stereocenters. The lowest BCUT2D eigenvalue weighted by molar-refractivity contribution is 0.414. The van der Waals surface area contributed by atoms with Crippen LogP contribution in [0.3, 0.4) is 0 Å². The van der Waals surface area contributed by atoms with Crippen LogP contribution in [0.25, 0.3) is 0 Å². The van der Waals surface area contributed by atoms with Crippen LogP contribution >= 0.6 is 11.8 Å². The Hall–Kier alpha value is -1.42. The van der Waals surface area contributed by atoms with E-state index < -0.39 is 0 Å². The summed E-state index contributed by atoms with van der Waals surface area (Å²) in [5.41, 5.74) is 1.19. The predicted molar refractivity (Wildman–Crippen MR) is 73.1 cm³/mol. The first kappa shape index (κ1) is 12.6. The van der Waals surface area contributed by atoms with E-state index in [9.17, 15) is 0 Å². The number of aliphatic imine (C=N–C) groups is 1. The van der Waals surface area contributed by atoms with E-state index in [1.807, 2.05) is 24.3 Å². The zero-order valence-corrected chi connectivity index (χ0v) is 10.4. The molecule has 0 bridgehead atoms. The molecule has 0 radical (unpaired) electrons. The van der Waals surface area contributed by atoms with Gasteiger partial charge in [0.15, 0.2) is 5.17 Å². The third-order valence-electron chi connectivity index (χ3n) is 2.00. The second kappa shape index (κ2) is 6.95. The van der Waals surface area contributed by atoms with Gasteiger partial charge in [-0.3, -0.25) is 4.99 Å². The minimum Gasteiger partial charge on any atom is -0.497 e. The summed E-state index contributed by atoms with van der Waals surface area (Å²) in [5, 5.41) is 5.84. The van der Waals surface area contributed by atoms with Crippen molar-refractivity contribution in [3.63, 3.8) is 0 Å². The van der Waals surface area contributed by atoms with Gasteiger partial charge in [0.25, 0.3) is 0 Å². The minimum absolute atomic E-state index is 0. The van der Waals surface area contributed by atoms with E-state index in [-0.39, 0.29) is 1.43 Å². The van der Waals surface area contributed by atoms with Crippen molar-refractivity contribution in [1.29, 1.82) is 0 Å². The van der Waals surface area contributed by atoms with Crippen molar-refractivity contribution in [3.8, 4) is 5.75 Å². The van der Waals surface area contributed by atoms with E-state index >= 15 is 0 Å². The molecular formula is C12H18N2OS. The molecule has 0 unspecified atom stereocenters. The summed E-state index contributed by atoms with van der Waals surface area (Å²) in [7, 11) is 3.42. The maximum Gasteiger partial charge on any atom is 0.160 e. The van der Waals surface area contributed by atoms with E-state index in [4.69, 9.17) is 4.74 Å². The molecule has 0 aliphatic heterocycles. The van der Waals surface area contributed by atoms with Crippen molar-refractivity contribution in [2.75, 3.05) is 14.2 Å². The van der Waals surface area contributed by atoms with Gasteiger partial charge in [-0.05, 0) is 23.1 Å². The van der Waals surface area contributed by atoms with Gasteiger partial charge in [0.1, 0.15) is 5.75 Å². The molecule has 1 rings (SSSR count). The highest BCUT2D eigenvalue weighted by atomic mass is 32.2. The fraction of sp³-hybridized carbons (Fsp3) is 0.250.